The van der Waals surface area contributed by atoms with Crippen LogP contribution in [0.25, 0.3) is 0 Å². The molecule has 0 saturated carbocycles. The van der Waals surface area contributed by atoms with Gasteiger partial charge in [0.25, 0.3) is 0 Å². The van der Waals surface area contributed by atoms with E-state index in [0.717, 1.165) is 18.2 Å². The summed E-state index contributed by atoms with van der Waals surface area (Å²) in [6.07, 6.45) is 3.06. The second kappa shape index (κ2) is 4.99. The molecule has 2 heteroatoms. The van der Waals surface area contributed by atoms with E-state index in [1.165, 1.54) is 17.7 Å². The molecule has 1 rings (SSSR count). The molecular formula is C12H20N2. The van der Waals surface area contributed by atoms with Crippen molar-refractivity contribution in [3.8, 4) is 0 Å². The lowest BCUT2D eigenvalue weighted by atomic mass is 10.1. The average molecular weight is 192 g/mol. The first-order valence-corrected chi connectivity index (χ1v) is 5.27. The van der Waals surface area contributed by atoms with Gasteiger partial charge in [0.05, 0.1) is 11.4 Å². The van der Waals surface area contributed by atoms with Crippen LogP contribution < -0.4 is 5.32 Å². The lowest BCUT2D eigenvalue weighted by Gasteiger charge is -2.12. The van der Waals surface area contributed by atoms with E-state index in [1.54, 1.807) is 0 Å². The molecule has 1 N–H and O–H groups in total. The van der Waals surface area contributed by atoms with Crippen LogP contribution >= 0.6 is 0 Å². The summed E-state index contributed by atoms with van der Waals surface area (Å²) < 4.78 is 0. The first-order chi connectivity index (χ1) is 6.61. The first-order valence-electron chi connectivity index (χ1n) is 5.27. The Hall–Kier alpha value is -1.05. The Bertz CT molecular complexity index is 272. The molecule has 0 atom stereocenters. The predicted octanol–water partition coefficient (Wildman–Crippen LogP) is 3.16. The fourth-order valence-electron chi connectivity index (χ4n) is 1.45. The maximum absolute atomic E-state index is 4.28. The largest absolute Gasteiger partial charge is 0.383 e. The number of aromatic nitrogens is 1. The van der Waals surface area contributed by atoms with Crippen LogP contribution in [-0.4, -0.2) is 11.5 Å². The van der Waals surface area contributed by atoms with Crippen LogP contribution in [0.1, 0.15) is 31.5 Å². The van der Waals surface area contributed by atoms with Gasteiger partial charge in [-0.2, -0.15) is 0 Å². The minimum Gasteiger partial charge on any atom is -0.383 e. The molecule has 2 nitrogen and oxygen atoms in total. The lowest BCUT2D eigenvalue weighted by Crippen LogP contribution is -2.07. The molecule has 1 aromatic rings. The van der Waals surface area contributed by atoms with Gasteiger partial charge < -0.3 is 5.32 Å². The zero-order valence-electron chi connectivity index (χ0n) is 9.59. The Morgan fingerprint density at radius 2 is 2.07 bits per heavy atom. The maximum Gasteiger partial charge on any atom is 0.0606 e. The van der Waals surface area contributed by atoms with Crippen LogP contribution in [0.2, 0.25) is 0 Å². The first kappa shape index (κ1) is 11.0. The standard InChI is InChI=1S/C12H20N2/c1-9(2)5-7-14-12-10(3)6-8-13-11(12)4/h6,8-9,14H,5,7H2,1-4H3. The number of anilines is 1. The number of pyridine rings is 1. The third kappa shape index (κ3) is 3.02. The van der Waals surface area contributed by atoms with Crippen molar-refractivity contribution < 1.29 is 0 Å². The van der Waals surface area contributed by atoms with Gasteiger partial charge in [-0.3, -0.25) is 4.98 Å². The molecule has 0 spiro atoms. The van der Waals surface area contributed by atoms with Crippen molar-refractivity contribution >= 4 is 5.69 Å². The van der Waals surface area contributed by atoms with Crippen LogP contribution in [0.4, 0.5) is 5.69 Å². The molecule has 0 fully saturated rings. The van der Waals surface area contributed by atoms with E-state index in [1.807, 2.05) is 19.2 Å². The topological polar surface area (TPSA) is 24.9 Å². The van der Waals surface area contributed by atoms with Gasteiger partial charge in [-0.25, -0.2) is 0 Å². The highest BCUT2D eigenvalue weighted by Crippen LogP contribution is 2.17. The number of nitrogens with one attached hydrogen (secondary N) is 1. The highest BCUT2D eigenvalue weighted by atomic mass is 14.9. The monoisotopic (exact) mass is 192 g/mol. The summed E-state index contributed by atoms with van der Waals surface area (Å²) in [7, 11) is 0. The van der Waals surface area contributed by atoms with Gasteiger partial charge in [-0.15, -0.1) is 0 Å². The summed E-state index contributed by atoms with van der Waals surface area (Å²) in [6.45, 7) is 9.68. The van der Waals surface area contributed by atoms with Crippen molar-refractivity contribution in [1.29, 1.82) is 0 Å². The van der Waals surface area contributed by atoms with E-state index in [-0.39, 0.29) is 0 Å². The van der Waals surface area contributed by atoms with Crippen LogP contribution in [0.3, 0.4) is 0 Å². The summed E-state index contributed by atoms with van der Waals surface area (Å²) in [5.74, 6) is 0.750. The highest BCUT2D eigenvalue weighted by Gasteiger charge is 2.02. The van der Waals surface area contributed by atoms with Gasteiger partial charge in [0.2, 0.25) is 0 Å². The summed E-state index contributed by atoms with van der Waals surface area (Å²) in [4.78, 5) is 4.28. The molecule has 0 aromatic carbocycles. The molecule has 0 bridgehead atoms. The Morgan fingerprint density at radius 3 is 2.64 bits per heavy atom. The Kier molecular flexibility index (Phi) is 3.93. The van der Waals surface area contributed by atoms with E-state index < -0.39 is 0 Å². The second-order valence-electron chi connectivity index (χ2n) is 4.20. The van der Waals surface area contributed by atoms with Crippen LogP contribution in [0.5, 0.6) is 0 Å². The van der Waals surface area contributed by atoms with E-state index in [0.29, 0.717) is 0 Å². The molecule has 78 valence electrons. The zero-order chi connectivity index (χ0) is 10.6. The van der Waals surface area contributed by atoms with Crippen LogP contribution in [0.15, 0.2) is 12.3 Å². The number of rotatable bonds is 4. The number of hydrogen-bond donors (Lipinski definition) is 1. The van der Waals surface area contributed by atoms with Crippen molar-refractivity contribution in [2.45, 2.75) is 34.1 Å². The molecule has 0 aliphatic rings. The molecule has 1 heterocycles. The fraction of sp³-hybridized carbons (Fsp3) is 0.583. The zero-order valence-corrected chi connectivity index (χ0v) is 9.59. The summed E-state index contributed by atoms with van der Waals surface area (Å²) in [5.41, 5.74) is 3.57. The normalized spacial score (nSPS) is 10.6. The highest BCUT2D eigenvalue weighted by molar-refractivity contribution is 5.53. The quantitative estimate of drug-likeness (QED) is 0.792. The molecule has 0 saturated heterocycles. The number of hydrogen-bond acceptors (Lipinski definition) is 2. The van der Waals surface area contributed by atoms with Gasteiger partial charge in [0.1, 0.15) is 0 Å². The third-order valence-corrected chi connectivity index (χ3v) is 2.37. The molecule has 0 aliphatic carbocycles. The molecule has 0 unspecified atom stereocenters. The van der Waals surface area contributed by atoms with Crippen molar-refractivity contribution in [2.75, 3.05) is 11.9 Å². The minimum atomic E-state index is 0.750. The van der Waals surface area contributed by atoms with Gasteiger partial charge in [-0.05, 0) is 37.8 Å². The van der Waals surface area contributed by atoms with Gasteiger partial charge in [0, 0.05) is 12.7 Å². The van der Waals surface area contributed by atoms with Crippen molar-refractivity contribution in [3.05, 3.63) is 23.5 Å². The predicted molar refractivity (Wildman–Crippen MR) is 61.7 cm³/mol. The van der Waals surface area contributed by atoms with Crippen molar-refractivity contribution in [3.63, 3.8) is 0 Å². The van der Waals surface area contributed by atoms with E-state index in [4.69, 9.17) is 0 Å². The van der Waals surface area contributed by atoms with Crippen molar-refractivity contribution in [1.82, 2.24) is 4.98 Å². The Morgan fingerprint density at radius 1 is 1.36 bits per heavy atom. The number of aryl methyl sites for hydroxylation is 2. The van der Waals surface area contributed by atoms with Gasteiger partial charge in [-0.1, -0.05) is 13.8 Å². The van der Waals surface area contributed by atoms with Gasteiger partial charge >= 0.3 is 0 Å². The molecule has 1 aromatic heterocycles. The molecule has 0 amide bonds. The molecule has 14 heavy (non-hydrogen) atoms. The Balaban J connectivity index is 2.58. The second-order valence-corrected chi connectivity index (χ2v) is 4.20. The Labute approximate surface area is 86.8 Å². The maximum atomic E-state index is 4.28. The van der Waals surface area contributed by atoms with E-state index in [2.05, 4.69) is 31.1 Å². The van der Waals surface area contributed by atoms with E-state index in [9.17, 15) is 0 Å². The van der Waals surface area contributed by atoms with Gasteiger partial charge in [0.15, 0.2) is 0 Å². The lowest BCUT2D eigenvalue weighted by molar-refractivity contribution is 0.607. The summed E-state index contributed by atoms with van der Waals surface area (Å²) >= 11 is 0. The summed E-state index contributed by atoms with van der Waals surface area (Å²) in [5, 5.41) is 3.45. The minimum absolute atomic E-state index is 0.750. The third-order valence-electron chi connectivity index (χ3n) is 2.37. The molecule has 0 aliphatic heterocycles. The van der Waals surface area contributed by atoms with E-state index >= 15 is 0 Å². The summed E-state index contributed by atoms with van der Waals surface area (Å²) in [6, 6.07) is 2.05. The number of nitrogens with zero attached hydrogens (tertiary/aromatic N) is 1. The van der Waals surface area contributed by atoms with Crippen LogP contribution in [0, 0.1) is 19.8 Å². The SMILES string of the molecule is Cc1ccnc(C)c1NCCC(C)C. The fourth-order valence-corrected chi connectivity index (χ4v) is 1.45. The average Bonchev–Trinajstić information content (AvgIpc) is 2.09. The molecular weight excluding hydrogens is 172 g/mol. The van der Waals surface area contributed by atoms with Crippen LogP contribution in [-0.2, 0) is 0 Å². The molecule has 0 radical (unpaired) electrons. The smallest absolute Gasteiger partial charge is 0.0606 e. The van der Waals surface area contributed by atoms with Crippen molar-refractivity contribution in [2.24, 2.45) is 5.92 Å².